The predicted molar refractivity (Wildman–Crippen MR) is 56.0 cm³/mol. The highest BCUT2D eigenvalue weighted by Crippen LogP contribution is 2.04. The average Bonchev–Trinajstić information content (AvgIpc) is 2.02. The van der Waals surface area contributed by atoms with Gasteiger partial charge in [0.15, 0.2) is 0 Å². The van der Waals surface area contributed by atoms with Crippen molar-refractivity contribution in [3.05, 3.63) is 38.0 Å². The molecule has 0 bridgehead atoms. The van der Waals surface area contributed by atoms with Crippen LogP contribution in [0, 0.1) is 0 Å². The fraction of sp³-hybridized carbons (Fsp3) is 0.455. The third kappa shape index (κ3) is 6.62. The lowest BCUT2D eigenvalue weighted by Crippen LogP contribution is -3.00. The number of likely N-dealkylation sites (N-methyl/N-ethyl adjacent to an activating group) is 1. The van der Waals surface area contributed by atoms with E-state index in [4.69, 9.17) is 0 Å². The minimum atomic E-state index is 0. The molecule has 0 spiro atoms. The Morgan fingerprint density at radius 2 is 1.46 bits per heavy atom. The first-order chi connectivity index (χ1) is 5.68. The fourth-order valence-corrected chi connectivity index (χ4v) is 1.28. The number of nitrogens with zero attached hydrogens (tertiary/aromatic N) is 1. The Morgan fingerprint density at radius 3 is 1.77 bits per heavy atom. The molecule has 0 saturated heterocycles. The summed E-state index contributed by atoms with van der Waals surface area (Å²) in [6.07, 6.45) is 6.94. The molecule has 13 heavy (non-hydrogen) atoms. The van der Waals surface area contributed by atoms with Crippen LogP contribution in [0.3, 0.4) is 0 Å². The maximum atomic E-state index is 3.76. The average molecular weight is 202 g/mol. The number of quaternary nitrogens is 1. The molecule has 0 aliphatic carbocycles. The van der Waals surface area contributed by atoms with E-state index in [1.165, 1.54) is 0 Å². The second kappa shape index (κ2) is 8.09. The molecule has 0 heterocycles. The Hall–Kier alpha value is -0.530. The van der Waals surface area contributed by atoms with E-state index < -0.39 is 0 Å². The molecule has 76 valence electrons. The lowest BCUT2D eigenvalue weighted by atomic mass is 10.3. The number of hydrogen-bond donors (Lipinski definition) is 0. The van der Waals surface area contributed by atoms with E-state index in [2.05, 4.69) is 26.8 Å². The summed E-state index contributed by atoms with van der Waals surface area (Å²) in [5, 5.41) is 0. The van der Waals surface area contributed by atoms with Crippen LogP contribution in [0.5, 0.6) is 0 Å². The first-order valence-electron chi connectivity index (χ1n) is 4.35. The van der Waals surface area contributed by atoms with Gasteiger partial charge in [-0.05, 0) is 12.2 Å². The molecular weight excluding hydrogens is 182 g/mol. The maximum Gasteiger partial charge on any atom is 0.0971 e. The molecule has 0 rings (SSSR count). The van der Waals surface area contributed by atoms with E-state index >= 15 is 0 Å². The van der Waals surface area contributed by atoms with Crippen molar-refractivity contribution in [2.45, 2.75) is 6.42 Å². The zero-order valence-electron chi connectivity index (χ0n) is 8.51. The summed E-state index contributed by atoms with van der Waals surface area (Å²) in [7, 11) is 2.22. The summed E-state index contributed by atoms with van der Waals surface area (Å²) in [6.45, 7) is 14.4. The number of hydrogen-bond acceptors (Lipinski definition) is 0. The summed E-state index contributed by atoms with van der Waals surface area (Å²) in [4.78, 5) is 0. The lowest BCUT2D eigenvalue weighted by molar-refractivity contribution is -0.897. The monoisotopic (exact) mass is 201 g/mol. The van der Waals surface area contributed by atoms with Gasteiger partial charge in [0.1, 0.15) is 0 Å². The van der Waals surface area contributed by atoms with Crippen LogP contribution in [0.15, 0.2) is 38.0 Å². The molecule has 0 aromatic heterocycles. The second-order valence-electron chi connectivity index (χ2n) is 3.36. The third-order valence-electron chi connectivity index (χ3n) is 2.01. The van der Waals surface area contributed by atoms with Gasteiger partial charge in [0.2, 0.25) is 0 Å². The summed E-state index contributed by atoms with van der Waals surface area (Å²) in [6, 6.07) is 0. The van der Waals surface area contributed by atoms with Crippen LogP contribution in [0.2, 0.25) is 0 Å². The summed E-state index contributed by atoms with van der Waals surface area (Å²) < 4.78 is 0.985. The van der Waals surface area contributed by atoms with Crippen LogP contribution in [0.25, 0.3) is 0 Å². The Labute approximate surface area is 88.4 Å². The molecule has 0 aliphatic heterocycles. The smallest absolute Gasteiger partial charge is 0.0971 e. The molecule has 0 aromatic rings. The zero-order valence-corrected chi connectivity index (χ0v) is 9.26. The van der Waals surface area contributed by atoms with Gasteiger partial charge in [0.25, 0.3) is 0 Å². The summed E-state index contributed by atoms with van der Waals surface area (Å²) in [5.74, 6) is 0. The number of halogens is 1. The first kappa shape index (κ1) is 15.0. The van der Waals surface area contributed by atoms with E-state index in [1.807, 2.05) is 18.2 Å². The van der Waals surface area contributed by atoms with Crippen LogP contribution >= 0.6 is 0 Å². The third-order valence-corrected chi connectivity index (χ3v) is 2.01. The van der Waals surface area contributed by atoms with Crippen LogP contribution in [0.1, 0.15) is 6.42 Å². The van der Waals surface area contributed by atoms with Crippen molar-refractivity contribution in [3.8, 4) is 0 Å². The fourth-order valence-electron chi connectivity index (χ4n) is 1.28. The van der Waals surface area contributed by atoms with Gasteiger partial charge in [-0.2, -0.15) is 0 Å². The van der Waals surface area contributed by atoms with Crippen LogP contribution < -0.4 is 12.4 Å². The van der Waals surface area contributed by atoms with Crippen LogP contribution in [-0.4, -0.2) is 31.2 Å². The Kier molecular flexibility index (Phi) is 9.31. The minimum absolute atomic E-state index is 0. The van der Waals surface area contributed by atoms with Crippen molar-refractivity contribution in [3.63, 3.8) is 0 Å². The van der Waals surface area contributed by atoms with Crippen molar-refractivity contribution in [1.29, 1.82) is 0 Å². The number of rotatable bonds is 7. The van der Waals surface area contributed by atoms with Gasteiger partial charge in [-0.3, -0.25) is 0 Å². The Morgan fingerprint density at radius 1 is 1.00 bits per heavy atom. The molecule has 0 amide bonds. The second-order valence-corrected chi connectivity index (χ2v) is 3.36. The van der Waals surface area contributed by atoms with Gasteiger partial charge >= 0.3 is 0 Å². The van der Waals surface area contributed by atoms with Crippen molar-refractivity contribution < 1.29 is 16.9 Å². The highest BCUT2D eigenvalue weighted by molar-refractivity contribution is 4.73. The van der Waals surface area contributed by atoms with Crippen LogP contribution in [-0.2, 0) is 0 Å². The van der Waals surface area contributed by atoms with Gasteiger partial charge in [-0.15, -0.1) is 6.58 Å². The molecule has 0 saturated carbocycles. The van der Waals surface area contributed by atoms with E-state index in [9.17, 15) is 0 Å². The van der Waals surface area contributed by atoms with Crippen molar-refractivity contribution in [1.82, 2.24) is 0 Å². The SMILES string of the molecule is C=CCC[N+](C)(CC=C)CC=C.[Cl-]. The van der Waals surface area contributed by atoms with E-state index in [0.717, 1.165) is 30.5 Å². The van der Waals surface area contributed by atoms with Crippen molar-refractivity contribution >= 4 is 0 Å². The minimum Gasteiger partial charge on any atom is -1.00 e. The quantitative estimate of drug-likeness (QED) is 0.381. The normalized spacial score (nSPS) is 9.92. The molecule has 2 heteroatoms. The van der Waals surface area contributed by atoms with Gasteiger partial charge in [0, 0.05) is 6.42 Å². The predicted octanol–water partition coefficient (Wildman–Crippen LogP) is -0.615. The van der Waals surface area contributed by atoms with Crippen molar-refractivity contribution in [2.24, 2.45) is 0 Å². The van der Waals surface area contributed by atoms with Gasteiger partial charge in [-0.1, -0.05) is 19.2 Å². The maximum absolute atomic E-state index is 3.76. The van der Waals surface area contributed by atoms with Gasteiger partial charge in [-0.25, -0.2) is 0 Å². The molecule has 0 radical (unpaired) electrons. The van der Waals surface area contributed by atoms with E-state index in [1.54, 1.807) is 0 Å². The topological polar surface area (TPSA) is 0 Å². The zero-order chi connectivity index (χ0) is 9.45. The van der Waals surface area contributed by atoms with Crippen molar-refractivity contribution in [2.75, 3.05) is 26.7 Å². The highest BCUT2D eigenvalue weighted by atomic mass is 35.5. The largest absolute Gasteiger partial charge is 1.00 e. The molecule has 0 aliphatic rings. The summed E-state index contributed by atoms with van der Waals surface area (Å²) >= 11 is 0. The lowest BCUT2D eigenvalue weighted by Gasteiger charge is -2.32. The Bertz CT molecular complexity index is 153. The van der Waals surface area contributed by atoms with E-state index in [0.29, 0.717) is 0 Å². The Balaban J connectivity index is 0. The molecular formula is C11H20ClN. The molecule has 0 atom stereocenters. The van der Waals surface area contributed by atoms with Gasteiger partial charge < -0.3 is 16.9 Å². The van der Waals surface area contributed by atoms with Gasteiger partial charge in [0.05, 0.1) is 26.7 Å². The van der Waals surface area contributed by atoms with Crippen LogP contribution in [0.4, 0.5) is 0 Å². The molecule has 0 unspecified atom stereocenters. The molecule has 0 N–H and O–H groups in total. The standard InChI is InChI=1S/C11H20N.ClH/c1-5-8-11-12(4,9-6-2)10-7-3;/h5-7H,1-3,8-11H2,4H3;1H/q+1;/p-1. The first-order valence-corrected chi connectivity index (χ1v) is 4.35. The highest BCUT2D eigenvalue weighted by Gasteiger charge is 2.15. The molecule has 0 aromatic carbocycles. The summed E-state index contributed by atoms with van der Waals surface area (Å²) in [5.41, 5.74) is 0. The molecule has 0 fully saturated rings. The molecule has 1 nitrogen and oxygen atoms in total. The van der Waals surface area contributed by atoms with E-state index in [-0.39, 0.29) is 12.4 Å².